The first kappa shape index (κ1) is 65.2. The number of hydrogen-bond donors (Lipinski definition) is 5. The number of aryl methyl sites for hydroxylation is 2. The van der Waals surface area contributed by atoms with Crippen molar-refractivity contribution in [1.82, 2.24) is 35.7 Å². The minimum absolute atomic E-state index is 0.0162. The molecule has 84 heavy (non-hydrogen) atoms. The van der Waals surface area contributed by atoms with Crippen molar-refractivity contribution in [3.8, 4) is 10.4 Å². The van der Waals surface area contributed by atoms with Crippen LogP contribution in [0.3, 0.4) is 0 Å². The number of aromatic nitrogens is 2. The van der Waals surface area contributed by atoms with Crippen LogP contribution in [0, 0.1) is 37.0 Å². The van der Waals surface area contributed by atoms with Gasteiger partial charge in [-0.15, -0.1) is 22.7 Å². The number of β-amino-alcohol motifs (C(OH)–C–C–N with tert-alkyl or cyclic N) is 1. The molecule has 1 aliphatic heterocycles. The molecular formula is C63H86N8O11S2. The molecule has 456 valence electrons. The molecule has 1 saturated heterocycles. The molecule has 4 heterocycles. The minimum atomic E-state index is -1.04. The van der Waals surface area contributed by atoms with Crippen LogP contribution in [0.1, 0.15) is 119 Å². The average molecular weight is 1200 g/mol. The fourth-order valence-electron chi connectivity index (χ4n) is 10.9. The van der Waals surface area contributed by atoms with Crippen molar-refractivity contribution in [2.45, 2.75) is 131 Å². The molecule has 1 aliphatic carbocycles. The summed E-state index contributed by atoms with van der Waals surface area (Å²) < 4.78 is 19.6. The van der Waals surface area contributed by atoms with E-state index in [4.69, 9.17) is 14.2 Å². The Morgan fingerprint density at radius 1 is 0.774 bits per heavy atom. The largest absolute Gasteiger partial charge is 0.390 e. The van der Waals surface area contributed by atoms with E-state index in [2.05, 4.69) is 26.3 Å². The molecule has 0 spiro atoms. The van der Waals surface area contributed by atoms with Gasteiger partial charge in [0.2, 0.25) is 35.4 Å². The van der Waals surface area contributed by atoms with Gasteiger partial charge in [-0.2, -0.15) is 0 Å². The number of ketones is 1. The molecule has 3 aromatic heterocycles. The third-order valence-corrected chi connectivity index (χ3v) is 17.5. The number of amides is 6. The molecular weight excluding hydrogens is 1110 g/mol. The van der Waals surface area contributed by atoms with Gasteiger partial charge in [0.05, 0.1) is 83.7 Å². The summed E-state index contributed by atoms with van der Waals surface area (Å²) in [5, 5.41) is 24.5. The summed E-state index contributed by atoms with van der Waals surface area (Å²) in [5.74, 6) is -1.80. The molecule has 2 fully saturated rings. The van der Waals surface area contributed by atoms with Gasteiger partial charge in [0.1, 0.15) is 12.6 Å². The lowest BCUT2D eigenvalue weighted by molar-refractivity contribution is -0.139. The van der Waals surface area contributed by atoms with Crippen molar-refractivity contribution >= 4 is 79.8 Å². The summed E-state index contributed by atoms with van der Waals surface area (Å²) in [6.45, 7) is 15.0. The normalized spacial score (nSPS) is 17.4. The Morgan fingerprint density at radius 2 is 1.50 bits per heavy atom. The number of carbonyl (C=O) groups is 7. The molecule has 0 bridgehead atoms. The summed E-state index contributed by atoms with van der Waals surface area (Å²) in [7, 11) is 0. The standard InChI is InChI=1S/C63H86N8O11S2/c1-7-70(48-13-11-12-42(2)34-48)57(76)40-71-50-24-33-83-54(50)36-51(71)52(72)35-44-15-21-47(22-16-44)60(77)65-25-10-8-9-14-55(74)64-26-28-81-30-32-82-31-29-80-27-23-56(75)68-59(63(4,5)6)62(79)69-38-49(53(73)39-69)61(78)66-37-45-17-19-46(20-18-45)58-43(3)67-41-84-58/h11-13,17-20,24,33-34,36,41,44,47,49,53,59,73H,7-10,14-16,21-23,25-32,35,37-40H2,1-6H3,(H,64,74)(H,65,77)(H,66,78)(H,68,75)/t44?,47?,49-,53-,59+/m1/s1. The predicted octanol–water partition coefficient (Wildman–Crippen LogP) is 7.77. The zero-order valence-corrected chi connectivity index (χ0v) is 51.3. The number of benzene rings is 2. The van der Waals surface area contributed by atoms with Crippen molar-refractivity contribution in [2.75, 3.05) is 77.3 Å². The van der Waals surface area contributed by atoms with Crippen molar-refractivity contribution in [2.24, 2.45) is 23.2 Å². The van der Waals surface area contributed by atoms with Gasteiger partial charge in [0.15, 0.2) is 5.78 Å². The summed E-state index contributed by atoms with van der Waals surface area (Å²) >= 11 is 3.14. The number of rotatable bonds is 32. The van der Waals surface area contributed by atoms with Crippen LogP contribution in [-0.2, 0) is 56.1 Å². The maximum absolute atomic E-state index is 13.8. The highest BCUT2D eigenvalue weighted by molar-refractivity contribution is 7.17. The van der Waals surface area contributed by atoms with E-state index in [-0.39, 0.29) is 98.9 Å². The number of ether oxygens (including phenoxy) is 3. The van der Waals surface area contributed by atoms with Gasteiger partial charge >= 0.3 is 0 Å². The maximum Gasteiger partial charge on any atom is 0.246 e. The lowest BCUT2D eigenvalue weighted by Gasteiger charge is -2.33. The molecule has 1 saturated carbocycles. The lowest BCUT2D eigenvalue weighted by Crippen LogP contribution is -2.54. The third-order valence-electron chi connectivity index (χ3n) is 15.7. The van der Waals surface area contributed by atoms with Crippen LogP contribution in [0.4, 0.5) is 5.69 Å². The van der Waals surface area contributed by atoms with Gasteiger partial charge in [-0.25, -0.2) is 4.98 Å². The molecule has 7 rings (SSSR count). The van der Waals surface area contributed by atoms with E-state index in [1.165, 1.54) is 4.90 Å². The fraction of sp³-hybridized carbons (Fsp3) is 0.556. The van der Waals surface area contributed by atoms with Crippen LogP contribution < -0.4 is 26.2 Å². The molecule has 19 nitrogen and oxygen atoms in total. The first-order chi connectivity index (χ1) is 40.4. The molecule has 5 N–H and O–H groups in total. The number of nitrogens with one attached hydrogen (secondary N) is 4. The van der Waals surface area contributed by atoms with E-state index < -0.39 is 23.5 Å². The lowest BCUT2D eigenvalue weighted by atomic mass is 9.79. The van der Waals surface area contributed by atoms with Crippen molar-refractivity contribution < 1.29 is 52.9 Å². The molecule has 3 atom stereocenters. The molecule has 21 heteroatoms. The summed E-state index contributed by atoms with van der Waals surface area (Å²) in [6, 6.07) is 18.8. The quantitative estimate of drug-likeness (QED) is 0.0205. The van der Waals surface area contributed by atoms with Crippen LogP contribution in [0.25, 0.3) is 20.7 Å². The number of unbranched alkanes of at least 4 members (excludes halogenated alkanes) is 2. The number of likely N-dealkylation sites (N-methyl/N-ethyl adjacent to an activating group) is 1. The molecule has 0 radical (unpaired) electrons. The highest BCUT2D eigenvalue weighted by Crippen LogP contribution is 2.34. The van der Waals surface area contributed by atoms with Crippen LogP contribution in [-0.4, -0.2) is 145 Å². The first-order valence-electron chi connectivity index (χ1n) is 29.7. The zero-order valence-electron chi connectivity index (χ0n) is 49.7. The molecule has 2 aliphatic rings. The molecule has 2 aromatic carbocycles. The maximum atomic E-state index is 13.8. The first-order valence-corrected chi connectivity index (χ1v) is 31.4. The van der Waals surface area contributed by atoms with E-state index in [0.717, 1.165) is 81.7 Å². The van der Waals surface area contributed by atoms with Crippen LogP contribution in [0.2, 0.25) is 0 Å². The number of nitrogens with zero attached hydrogens (tertiary/aromatic N) is 4. The third kappa shape index (κ3) is 19.1. The van der Waals surface area contributed by atoms with Crippen molar-refractivity contribution in [3.63, 3.8) is 0 Å². The van der Waals surface area contributed by atoms with Gasteiger partial charge in [-0.3, -0.25) is 33.6 Å². The Balaban J connectivity index is 0.662. The van der Waals surface area contributed by atoms with E-state index in [9.17, 15) is 38.7 Å². The van der Waals surface area contributed by atoms with Gasteiger partial charge in [0.25, 0.3) is 0 Å². The number of likely N-dealkylation sites (tertiary alicyclic amines) is 1. The smallest absolute Gasteiger partial charge is 0.246 e. The van der Waals surface area contributed by atoms with E-state index >= 15 is 0 Å². The van der Waals surface area contributed by atoms with Crippen LogP contribution >= 0.6 is 22.7 Å². The number of hydrogen-bond acceptors (Lipinski definition) is 14. The Hall–Kier alpha value is -6.36. The number of thiophene rings is 1. The molecule has 6 amide bonds. The minimum Gasteiger partial charge on any atom is -0.390 e. The Morgan fingerprint density at radius 3 is 2.19 bits per heavy atom. The topological polar surface area (TPSA) is 240 Å². The van der Waals surface area contributed by atoms with Crippen molar-refractivity contribution in [1.29, 1.82) is 0 Å². The molecule has 5 aromatic rings. The number of aliphatic hydroxyl groups excluding tert-OH is 1. The van der Waals surface area contributed by atoms with Gasteiger partial charge in [-0.1, -0.05) is 63.6 Å². The highest BCUT2D eigenvalue weighted by Gasteiger charge is 2.43. The number of Topliss-reactive ketones (excluding diaryl/α,β-unsaturated/α-hetero) is 1. The predicted molar refractivity (Wildman–Crippen MR) is 327 cm³/mol. The van der Waals surface area contributed by atoms with E-state index in [0.29, 0.717) is 71.0 Å². The molecule has 0 unspecified atom stereocenters. The Bertz CT molecular complexity index is 2980. The number of aliphatic hydroxyl groups is 1. The van der Waals surface area contributed by atoms with E-state index in [1.54, 1.807) is 27.6 Å². The second-order valence-electron chi connectivity index (χ2n) is 23.1. The second kappa shape index (κ2) is 32.2. The van der Waals surface area contributed by atoms with Crippen molar-refractivity contribution in [3.05, 3.63) is 94.1 Å². The highest BCUT2D eigenvalue weighted by atomic mass is 32.1. The monoisotopic (exact) mass is 1190 g/mol. The summed E-state index contributed by atoms with van der Waals surface area (Å²) in [6.07, 6.45) is 5.11. The fourth-order valence-corrected chi connectivity index (χ4v) is 12.5. The van der Waals surface area contributed by atoms with Gasteiger partial charge < -0.3 is 55.0 Å². The Labute approximate surface area is 502 Å². The van der Waals surface area contributed by atoms with Gasteiger partial charge in [0, 0.05) is 70.1 Å². The number of anilines is 1. The van der Waals surface area contributed by atoms with Gasteiger partial charge in [-0.05, 0) is 117 Å². The number of thiazole rings is 1. The zero-order chi connectivity index (χ0) is 60.2. The Kier molecular flexibility index (Phi) is 25.0. The SMILES string of the molecule is CCN(C(=O)Cn1c(C(=O)CC2CCC(C(=O)NCCCCCC(=O)NCCOCCOCCOCCC(=O)N[C@@H](C(=O)N3C[C@@H](O)[C@H](C(=O)NCc4ccc(-c5scnc5C)cc4)C3)C(C)(C)C)CC2)cc2sccc21)c1cccc(C)c1. The van der Waals surface area contributed by atoms with Crippen LogP contribution in [0.5, 0.6) is 0 Å². The summed E-state index contributed by atoms with van der Waals surface area (Å²) in [5.41, 5.74) is 7.47. The number of carbonyl (C=O) groups excluding carboxylic acids is 7. The number of fused-ring (bicyclic) bond motifs is 1. The van der Waals surface area contributed by atoms with Crippen LogP contribution in [0.15, 0.2) is 71.6 Å². The van der Waals surface area contributed by atoms with E-state index in [1.807, 2.05) is 118 Å². The summed E-state index contributed by atoms with van der Waals surface area (Å²) in [4.78, 5) is 101. The second-order valence-corrected chi connectivity index (χ2v) is 24.9. The average Bonchev–Trinajstić information content (AvgIpc) is 4.47.